The highest BCUT2D eigenvalue weighted by Crippen LogP contribution is 2.40. The standard InChI is InChI=1S/C19H16Cl2N2O3S/c20-10-5-6-11(16(21)7-10)15-9-27-18(14(15)8-22)23-17(24)12-3-1-2-4-13(12)19(25)26/h5-7,9,12-13H,1-4H2,(H,23,24)(H,25,26)/t12-,13-/m1/s1. The first kappa shape index (κ1) is 19.7. The fourth-order valence-corrected chi connectivity index (χ4v) is 4.84. The fourth-order valence-electron chi connectivity index (χ4n) is 3.41. The molecule has 0 spiro atoms. The lowest BCUT2D eigenvalue weighted by molar-refractivity contribution is -0.147. The number of hydrogen-bond acceptors (Lipinski definition) is 4. The SMILES string of the molecule is N#Cc1c(-c2ccc(Cl)cc2Cl)csc1NC(=O)[C@@H]1CCCC[C@H]1C(=O)O. The Balaban J connectivity index is 1.88. The lowest BCUT2D eigenvalue weighted by Gasteiger charge is -2.27. The van der Waals surface area contributed by atoms with Gasteiger partial charge in [0.05, 0.1) is 17.4 Å². The third-order valence-corrected chi connectivity index (χ3v) is 6.22. The Morgan fingerprint density at radius 1 is 1.19 bits per heavy atom. The van der Waals surface area contributed by atoms with Crippen LogP contribution in [0.3, 0.4) is 0 Å². The summed E-state index contributed by atoms with van der Waals surface area (Å²) >= 11 is 13.4. The van der Waals surface area contributed by atoms with E-state index in [-0.39, 0.29) is 5.91 Å². The first-order valence-electron chi connectivity index (χ1n) is 8.43. The minimum absolute atomic E-state index is 0.306. The van der Waals surface area contributed by atoms with Gasteiger partial charge in [-0.2, -0.15) is 5.26 Å². The van der Waals surface area contributed by atoms with E-state index in [1.165, 1.54) is 11.3 Å². The van der Waals surface area contributed by atoms with Crippen LogP contribution in [-0.4, -0.2) is 17.0 Å². The Bertz CT molecular complexity index is 936. The average molecular weight is 423 g/mol. The van der Waals surface area contributed by atoms with Crippen molar-refractivity contribution in [2.24, 2.45) is 11.8 Å². The first-order valence-corrected chi connectivity index (χ1v) is 10.1. The molecule has 1 aromatic carbocycles. The van der Waals surface area contributed by atoms with Crippen LogP contribution in [0.15, 0.2) is 23.6 Å². The van der Waals surface area contributed by atoms with Gasteiger partial charge in [0.15, 0.2) is 0 Å². The second-order valence-corrected chi connectivity index (χ2v) is 8.14. The molecule has 1 amide bonds. The maximum Gasteiger partial charge on any atom is 0.307 e. The molecule has 8 heteroatoms. The highest BCUT2D eigenvalue weighted by atomic mass is 35.5. The zero-order valence-electron chi connectivity index (χ0n) is 14.2. The molecule has 1 aromatic heterocycles. The smallest absolute Gasteiger partial charge is 0.307 e. The number of nitriles is 1. The molecule has 0 aliphatic heterocycles. The van der Waals surface area contributed by atoms with Crippen molar-refractivity contribution in [1.82, 2.24) is 0 Å². The van der Waals surface area contributed by atoms with Crippen LogP contribution >= 0.6 is 34.5 Å². The van der Waals surface area contributed by atoms with Gasteiger partial charge in [-0.25, -0.2) is 0 Å². The second-order valence-electron chi connectivity index (χ2n) is 6.41. The second kappa shape index (κ2) is 8.30. The van der Waals surface area contributed by atoms with Gasteiger partial charge in [-0.3, -0.25) is 9.59 Å². The molecule has 0 radical (unpaired) electrons. The quantitative estimate of drug-likeness (QED) is 0.687. The predicted octanol–water partition coefficient (Wildman–Crippen LogP) is 5.42. The number of thiophene rings is 1. The highest BCUT2D eigenvalue weighted by molar-refractivity contribution is 7.15. The molecule has 0 saturated heterocycles. The number of nitrogens with one attached hydrogen (secondary N) is 1. The maximum atomic E-state index is 12.7. The van der Waals surface area contributed by atoms with Crippen molar-refractivity contribution in [3.63, 3.8) is 0 Å². The molecule has 3 rings (SSSR count). The van der Waals surface area contributed by atoms with Gasteiger partial charge in [-0.05, 0) is 25.0 Å². The van der Waals surface area contributed by atoms with Gasteiger partial charge in [0.1, 0.15) is 11.1 Å². The fraction of sp³-hybridized carbons (Fsp3) is 0.316. The first-order chi connectivity index (χ1) is 12.9. The van der Waals surface area contributed by atoms with E-state index in [1.807, 2.05) is 0 Å². The van der Waals surface area contributed by atoms with Gasteiger partial charge in [0.25, 0.3) is 0 Å². The van der Waals surface area contributed by atoms with Crippen molar-refractivity contribution >= 4 is 51.4 Å². The summed E-state index contributed by atoms with van der Waals surface area (Å²) in [6.45, 7) is 0. The lowest BCUT2D eigenvalue weighted by Crippen LogP contribution is -2.36. The number of aliphatic carboxylic acids is 1. The molecule has 2 aromatic rings. The Hall–Kier alpha value is -2.07. The third-order valence-electron chi connectivity index (χ3n) is 4.78. The van der Waals surface area contributed by atoms with Gasteiger partial charge >= 0.3 is 5.97 Å². The maximum absolute atomic E-state index is 12.7. The van der Waals surface area contributed by atoms with E-state index in [2.05, 4.69) is 11.4 Å². The van der Waals surface area contributed by atoms with Gasteiger partial charge in [-0.1, -0.05) is 42.1 Å². The van der Waals surface area contributed by atoms with Crippen molar-refractivity contribution in [3.05, 3.63) is 39.2 Å². The number of carbonyl (C=O) groups is 2. The molecule has 1 fully saturated rings. The molecule has 0 unspecified atom stereocenters. The third kappa shape index (κ3) is 4.11. The number of amides is 1. The van der Waals surface area contributed by atoms with E-state index in [4.69, 9.17) is 23.2 Å². The van der Waals surface area contributed by atoms with E-state index in [0.29, 0.717) is 44.6 Å². The zero-order chi connectivity index (χ0) is 19.6. The van der Waals surface area contributed by atoms with Gasteiger partial charge < -0.3 is 10.4 Å². The number of rotatable bonds is 4. The van der Waals surface area contributed by atoms with Crippen molar-refractivity contribution in [3.8, 4) is 17.2 Å². The molecular formula is C19H16Cl2N2O3S. The molecule has 5 nitrogen and oxygen atoms in total. The molecule has 1 saturated carbocycles. The molecule has 1 heterocycles. The number of anilines is 1. The molecule has 0 bridgehead atoms. The summed E-state index contributed by atoms with van der Waals surface area (Å²) in [7, 11) is 0. The number of carbonyl (C=O) groups excluding carboxylic acids is 1. The summed E-state index contributed by atoms with van der Waals surface area (Å²) < 4.78 is 0. The van der Waals surface area contributed by atoms with Gasteiger partial charge in [0, 0.05) is 26.6 Å². The number of nitrogens with zero attached hydrogens (tertiary/aromatic N) is 1. The number of carboxylic acid groups (broad SMARTS) is 1. The molecule has 1 aliphatic carbocycles. The van der Waals surface area contributed by atoms with Gasteiger partial charge in [-0.15, -0.1) is 11.3 Å². The molecule has 1 aliphatic rings. The van der Waals surface area contributed by atoms with E-state index in [0.717, 1.165) is 12.8 Å². The molecule has 140 valence electrons. The number of halogens is 2. The Morgan fingerprint density at radius 2 is 1.89 bits per heavy atom. The van der Waals surface area contributed by atoms with Crippen LogP contribution < -0.4 is 5.32 Å². The van der Waals surface area contributed by atoms with Crippen molar-refractivity contribution in [1.29, 1.82) is 5.26 Å². The summed E-state index contributed by atoms with van der Waals surface area (Å²) in [4.78, 5) is 24.1. The minimum Gasteiger partial charge on any atom is -0.481 e. The van der Waals surface area contributed by atoms with Crippen molar-refractivity contribution in [2.75, 3.05) is 5.32 Å². The minimum atomic E-state index is -0.949. The Kier molecular flexibility index (Phi) is 6.05. The van der Waals surface area contributed by atoms with Crippen LogP contribution in [0, 0.1) is 23.2 Å². The van der Waals surface area contributed by atoms with Crippen LogP contribution in [0.5, 0.6) is 0 Å². The molecule has 2 atom stereocenters. The number of carboxylic acids is 1. The highest BCUT2D eigenvalue weighted by Gasteiger charge is 2.36. The Morgan fingerprint density at radius 3 is 2.52 bits per heavy atom. The van der Waals surface area contributed by atoms with Gasteiger partial charge in [0.2, 0.25) is 5.91 Å². The van der Waals surface area contributed by atoms with E-state index < -0.39 is 17.8 Å². The summed E-state index contributed by atoms with van der Waals surface area (Å²) in [5.74, 6) is -2.58. The van der Waals surface area contributed by atoms with Crippen LogP contribution in [-0.2, 0) is 9.59 Å². The topological polar surface area (TPSA) is 90.2 Å². The number of benzene rings is 1. The van der Waals surface area contributed by atoms with Crippen LogP contribution in [0.2, 0.25) is 10.0 Å². The molecule has 2 N–H and O–H groups in total. The van der Waals surface area contributed by atoms with Crippen molar-refractivity contribution < 1.29 is 14.7 Å². The summed E-state index contributed by atoms with van der Waals surface area (Å²) in [6.07, 6.45) is 2.66. The molecule has 27 heavy (non-hydrogen) atoms. The van der Waals surface area contributed by atoms with Crippen LogP contribution in [0.1, 0.15) is 31.2 Å². The van der Waals surface area contributed by atoms with E-state index in [1.54, 1.807) is 23.6 Å². The van der Waals surface area contributed by atoms with E-state index >= 15 is 0 Å². The van der Waals surface area contributed by atoms with Crippen LogP contribution in [0.4, 0.5) is 5.00 Å². The summed E-state index contributed by atoms with van der Waals surface area (Å²) in [5.41, 5.74) is 1.56. The predicted molar refractivity (Wildman–Crippen MR) is 106 cm³/mol. The summed E-state index contributed by atoms with van der Waals surface area (Å²) in [5, 5.41) is 24.8. The van der Waals surface area contributed by atoms with E-state index in [9.17, 15) is 20.0 Å². The monoisotopic (exact) mass is 422 g/mol. The lowest BCUT2D eigenvalue weighted by atomic mass is 9.79. The summed E-state index contributed by atoms with van der Waals surface area (Å²) in [6, 6.07) is 7.11. The average Bonchev–Trinajstić information content (AvgIpc) is 3.03. The van der Waals surface area contributed by atoms with Crippen LogP contribution in [0.25, 0.3) is 11.1 Å². The van der Waals surface area contributed by atoms with Crippen molar-refractivity contribution in [2.45, 2.75) is 25.7 Å². The zero-order valence-corrected chi connectivity index (χ0v) is 16.5. The normalized spacial score (nSPS) is 19.3. The largest absolute Gasteiger partial charge is 0.481 e. The molecular weight excluding hydrogens is 407 g/mol. The Labute approximate surface area is 170 Å². The number of hydrogen-bond donors (Lipinski definition) is 2.